The molecule has 29 heavy (non-hydrogen) atoms. The van der Waals surface area contributed by atoms with Gasteiger partial charge in [-0.2, -0.15) is 0 Å². The van der Waals surface area contributed by atoms with Gasteiger partial charge >= 0.3 is 18.1 Å². The van der Waals surface area contributed by atoms with E-state index in [1.54, 1.807) is 24.3 Å². The third-order valence-corrected chi connectivity index (χ3v) is 3.74. The molecule has 0 radical (unpaired) electrons. The SMILES string of the molecule is CCCNC(=O)n1c(CN(OC(C)=O)C(=O)OCCOCC)nc2ccccc21. The lowest BCUT2D eigenvalue weighted by molar-refractivity contribution is -0.181. The van der Waals surface area contributed by atoms with Gasteiger partial charge in [-0.3, -0.25) is 4.79 Å². The molecule has 0 bridgehead atoms. The number of fused-ring (bicyclic) bond motifs is 1. The molecule has 2 aromatic rings. The number of benzene rings is 1. The summed E-state index contributed by atoms with van der Waals surface area (Å²) in [6.45, 7) is 5.85. The van der Waals surface area contributed by atoms with E-state index in [0.29, 0.717) is 24.2 Å². The zero-order chi connectivity index (χ0) is 21.2. The average Bonchev–Trinajstić information content (AvgIpc) is 3.06. The lowest BCUT2D eigenvalue weighted by Crippen LogP contribution is -2.36. The molecule has 1 N–H and O–H groups in total. The molecule has 0 atom stereocenters. The number of aromatic nitrogens is 2. The van der Waals surface area contributed by atoms with Crippen LogP contribution in [0.15, 0.2) is 24.3 Å². The van der Waals surface area contributed by atoms with Crippen LogP contribution in [0.1, 0.15) is 33.0 Å². The molecule has 0 aliphatic heterocycles. The number of hydroxylamine groups is 2. The number of nitrogens with zero attached hydrogens (tertiary/aromatic N) is 3. The molecule has 0 saturated heterocycles. The number of ether oxygens (including phenoxy) is 2. The standard InChI is InChI=1S/C19H26N4O6/c1-4-10-20-18(25)23-16-9-7-6-8-15(16)21-17(23)13-22(29-14(3)24)19(26)28-12-11-27-5-2/h6-9H,4-5,10-13H2,1-3H3,(H,20,25). The highest BCUT2D eigenvalue weighted by Gasteiger charge is 2.25. The molecular formula is C19H26N4O6. The third kappa shape index (κ3) is 6.18. The lowest BCUT2D eigenvalue weighted by Gasteiger charge is -2.20. The molecule has 10 nitrogen and oxygen atoms in total. The number of para-hydroxylation sites is 2. The van der Waals surface area contributed by atoms with Crippen LogP contribution in [0.3, 0.4) is 0 Å². The van der Waals surface area contributed by atoms with Crippen LogP contribution >= 0.6 is 0 Å². The van der Waals surface area contributed by atoms with Crippen molar-refractivity contribution in [1.82, 2.24) is 19.9 Å². The number of hydrogen-bond donors (Lipinski definition) is 1. The fraction of sp³-hybridized carbons (Fsp3) is 0.474. The Labute approximate surface area is 168 Å². The predicted octanol–water partition coefficient (Wildman–Crippen LogP) is 2.46. The highest BCUT2D eigenvalue weighted by molar-refractivity contribution is 5.90. The number of carbonyl (C=O) groups is 3. The molecular weight excluding hydrogens is 380 g/mol. The smallest absolute Gasteiger partial charge is 0.443 e. The summed E-state index contributed by atoms with van der Waals surface area (Å²) in [7, 11) is 0. The molecule has 0 fully saturated rings. The molecule has 0 aliphatic carbocycles. The maximum Gasteiger partial charge on any atom is 0.443 e. The van der Waals surface area contributed by atoms with E-state index in [9.17, 15) is 14.4 Å². The lowest BCUT2D eigenvalue weighted by atomic mass is 10.3. The minimum absolute atomic E-state index is 0.00214. The summed E-state index contributed by atoms with van der Waals surface area (Å²) in [6, 6.07) is 6.68. The summed E-state index contributed by atoms with van der Waals surface area (Å²) >= 11 is 0. The van der Waals surface area contributed by atoms with E-state index in [1.807, 2.05) is 13.8 Å². The normalized spacial score (nSPS) is 10.6. The topological polar surface area (TPSA) is 112 Å². The van der Waals surface area contributed by atoms with Crippen LogP contribution in [0.2, 0.25) is 0 Å². The molecule has 0 saturated carbocycles. The second-order valence-corrected chi connectivity index (χ2v) is 6.01. The predicted molar refractivity (Wildman–Crippen MR) is 104 cm³/mol. The molecule has 2 amide bonds. The number of imidazole rings is 1. The molecule has 158 valence electrons. The van der Waals surface area contributed by atoms with E-state index < -0.39 is 12.1 Å². The van der Waals surface area contributed by atoms with Gasteiger partial charge in [-0.1, -0.05) is 19.1 Å². The van der Waals surface area contributed by atoms with Gasteiger partial charge in [0.1, 0.15) is 19.0 Å². The van der Waals surface area contributed by atoms with Crippen LogP contribution in [0.5, 0.6) is 0 Å². The highest BCUT2D eigenvalue weighted by atomic mass is 16.8. The number of carbonyl (C=O) groups excluding carboxylic acids is 3. The van der Waals surface area contributed by atoms with E-state index in [-0.39, 0.29) is 31.6 Å². The first-order valence-electron chi connectivity index (χ1n) is 9.43. The third-order valence-electron chi connectivity index (χ3n) is 3.74. The molecule has 0 spiro atoms. The average molecular weight is 406 g/mol. The van der Waals surface area contributed by atoms with Crippen LogP contribution in [0, 0.1) is 0 Å². The monoisotopic (exact) mass is 406 g/mol. The molecule has 2 rings (SSSR count). The Morgan fingerprint density at radius 2 is 1.93 bits per heavy atom. The summed E-state index contributed by atoms with van der Waals surface area (Å²) in [5.74, 6) is -0.479. The van der Waals surface area contributed by atoms with E-state index >= 15 is 0 Å². The van der Waals surface area contributed by atoms with Gasteiger partial charge in [0.15, 0.2) is 0 Å². The second-order valence-electron chi connectivity index (χ2n) is 6.01. The minimum atomic E-state index is -0.882. The van der Waals surface area contributed by atoms with Crippen molar-refractivity contribution in [3.63, 3.8) is 0 Å². The zero-order valence-electron chi connectivity index (χ0n) is 16.8. The summed E-state index contributed by atoms with van der Waals surface area (Å²) < 4.78 is 11.5. The summed E-state index contributed by atoms with van der Waals surface area (Å²) in [6.07, 6.45) is -0.119. The first kappa shape index (κ1) is 22.2. The highest BCUT2D eigenvalue weighted by Crippen LogP contribution is 2.18. The van der Waals surface area contributed by atoms with Gasteiger partial charge in [-0.15, -0.1) is 5.06 Å². The quantitative estimate of drug-likeness (QED) is 0.529. The Bertz CT molecular complexity index is 850. The zero-order valence-corrected chi connectivity index (χ0v) is 16.8. The Morgan fingerprint density at radius 1 is 1.17 bits per heavy atom. The van der Waals surface area contributed by atoms with Gasteiger partial charge < -0.3 is 19.6 Å². The van der Waals surface area contributed by atoms with Gasteiger partial charge in [0.25, 0.3) is 0 Å². The summed E-state index contributed by atoms with van der Waals surface area (Å²) in [4.78, 5) is 45.9. The van der Waals surface area contributed by atoms with E-state index in [2.05, 4.69) is 10.3 Å². The van der Waals surface area contributed by atoms with Crippen molar-refractivity contribution in [3.8, 4) is 0 Å². The van der Waals surface area contributed by atoms with Crippen molar-refractivity contribution >= 4 is 29.1 Å². The second kappa shape index (κ2) is 11.0. The van der Waals surface area contributed by atoms with Crippen molar-refractivity contribution in [3.05, 3.63) is 30.1 Å². The van der Waals surface area contributed by atoms with Crippen LogP contribution < -0.4 is 5.32 Å². The fourth-order valence-corrected chi connectivity index (χ4v) is 2.54. The maximum absolute atomic E-state index is 12.7. The number of nitrogens with one attached hydrogen (secondary N) is 1. The molecule has 0 unspecified atom stereocenters. The Morgan fingerprint density at radius 3 is 2.62 bits per heavy atom. The van der Waals surface area contributed by atoms with Crippen molar-refractivity contribution < 1.29 is 28.7 Å². The number of amides is 2. The Hall–Kier alpha value is -3.14. The maximum atomic E-state index is 12.7. The van der Waals surface area contributed by atoms with Crippen molar-refractivity contribution in [1.29, 1.82) is 0 Å². The minimum Gasteiger partial charge on any atom is -0.445 e. The molecule has 10 heteroatoms. The van der Waals surface area contributed by atoms with Gasteiger partial charge in [-0.25, -0.2) is 19.1 Å². The van der Waals surface area contributed by atoms with Crippen LogP contribution in [0.25, 0.3) is 11.0 Å². The van der Waals surface area contributed by atoms with Crippen LogP contribution in [0.4, 0.5) is 9.59 Å². The van der Waals surface area contributed by atoms with Crippen LogP contribution in [-0.4, -0.2) is 59.1 Å². The van der Waals surface area contributed by atoms with Gasteiger partial charge in [0.05, 0.1) is 17.6 Å². The Balaban J connectivity index is 2.28. The molecule has 1 aromatic heterocycles. The molecule has 0 aliphatic rings. The van der Waals surface area contributed by atoms with Gasteiger partial charge in [-0.05, 0) is 25.5 Å². The van der Waals surface area contributed by atoms with Crippen molar-refractivity contribution in [2.75, 3.05) is 26.4 Å². The van der Waals surface area contributed by atoms with Gasteiger partial charge in [0.2, 0.25) is 0 Å². The largest absolute Gasteiger partial charge is 0.445 e. The fourth-order valence-electron chi connectivity index (χ4n) is 2.54. The first-order valence-corrected chi connectivity index (χ1v) is 9.43. The van der Waals surface area contributed by atoms with Gasteiger partial charge in [0, 0.05) is 20.1 Å². The molecule has 1 heterocycles. The molecule has 1 aromatic carbocycles. The van der Waals surface area contributed by atoms with E-state index in [4.69, 9.17) is 14.3 Å². The first-order chi connectivity index (χ1) is 14.0. The number of rotatable bonds is 8. The Kier molecular flexibility index (Phi) is 8.41. The summed E-state index contributed by atoms with van der Waals surface area (Å²) in [5, 5.41) is 3.52. The van der Waals surface area contributed by atoms with Crippen molar-refractivity contribution in [2.24, 2.45) is 0 Å². The number of hydrogen-bond acceptors (Lipinski definition) is 7. The van der Waals surface area contributed by atoms with E-state index in [1.165, 1.54) is 4.57 Å². The van der Waals surface area contributed by atoms with Crippen molar-refractivity contribution in [2.45, 2.75) is 33.7 Å². The summed E-state index contributed by atoms with van der Waals surface area (Å²) in [5.41, 5.74) is 1.14. The van der Waals surface area contributed by atoms with Crippen LogP contribution in [-0.2, 0) is 25.7 Å². The van der Waals surface area contributed by atoms with E-state index in [0.717, 1.165) is 18.4 Å².